The minimum Gasteiger partial charge on any atom is -0.508 e. The molecule has 3 aromatic carbocycles. The monoisotopic (exact) mass is 591 g/mol. The molecule has 1 N–H and O–H groups in total. The van der Waals surface area contributed by atoms with Crippen molar-refractivity contribution in [3.8, 4) is 5.75 Å². The predicted octanol–water partition coefficient (Wildman–Crippen LogP) is 5.04. The fourth-order valence-electron chi connectivity index (χ4n) is 8.05. The second-order valence-corrected chi connectivity index (χ2v) is 12.3. The highest BCUT2D eigenvalue weighted by atomic mass is 16.6. The van der Waals surface area contributed by atoms with E-state index in [4.69, 9.17) is 0 Å². The van der Waals surface area contributed by atoms with Crippen molar-refractivity contribution >= 4 is 40.7 Å². The minimum absolute atomic E-state index is 0.107. The van der Waals surface area contributed by atoms with E-state index in [0.717, 1.165) is 16.0 Å². The maximum atomic E-state index is 14.4. The van der Waals surface area contributed by atoms with Crippen LogP contribution < -0.4 is 9.80 Å². The van der Waals surface area contributed by atoms with Gasteiger partial charge in [-0.1, -0.05) is 42.0 Å². The zero-order valence-corrected chi connectivity index (χ0v) is 24.0. The number of para-hydroxylation sites is 1. The summed E-state index contributed by atoms with van der Waals surface area (Å²) < 4.78 is 0. The number of anilines is 2. The van der Waals surface area contributed by atoms with Gasteiger partial charge >= 0.3 is 0 Å². The van der Waals surface area contributed by atoms with Gasteiger partial charge in [0, 0.05) is 18.1 Å². The molecule has 2 aliphatic carbocycles. The molecule has 2 heterocycles. The average molecular weight is 592 g/mol. The van der Waals surface area contributed by atoms with Crippen molar-refractivity contribution in [1.29, 1.82) is 0 Å². The number of nitro benzene ring substituents is 1. The Balaban J connectivity index is 1.34. The summed E-state index contributed by atoms with van der Waals surface area (Å²) in [4.78, 5) is 69.4. The first kappa shape index (κ1) is 27.7. The highest BCUT2D eigenvalue weighted by Crippen LogP contribution is 2.63. The fourth-order valence-corrected chi connectivity index (χ4v) is 8.05. The third kappa shape index (κ3) is 3.73. The normalized spacial score (nSPS) is 29.3. The van der Waals surface area contributed by atoms with Gasteiger partial charge in [-0.05, 0) is 74.1 Å². The van der Waals surface area contributed by atoms with E-state index in [1.165, 1.54) is 29.2 Å². The molecule has 2 saturated heterocycles. The van der Waals surface area contributed by atoms with E-state index < -0.39 is 45.8 Å². The van der Waals surface area contributed by atoms with Gasteiger partial charge in [-0.2, -0.15) is 0 Å². The van der Waals surface area contributed by atoms with E-state index in [2.05, 4.69) is 0 Å². The first-order valence-electron chi connectivity index (χ1n) is 14.6. The number of benzene rings is 3. The van der Waals surface area contributed by atoms with Crippen LogP contribution in [0.2, 0.25) is 0 Å². The highest BCUT2D eigenvalue weighted by Gasteiger charge is 2.67. The molecule has 4 amide bonds. The lowest BCUT2D eigenvalue weighted by Gasteiger charge is -2.49. The molecule has 4 aliphatic rings. The van der Waals surface area contributed by atoms with Gasteiger partial charge in [-0.25, -0.2) is 4.90 Å². The number of imide groups is 2. The number of carbonyl (C=O) groups excluding carboxylic acids is 4. The summed E-state index contributed by atoms with van der Waals surface area (Å²) in [7, 11) is 0. The number of non-ortho nitro benzene ring substituents is 1. The van der Waals surface area contributed by atoms with Crippen molar-refractivity contribution in [2.45, 2.75) is 32.6 Å². The molecule has 3 fully saturated rings. The number of hydrogen-bond acceptors (Lipinski definition) is 7. The standard InChI is InChI=1S/C34H29N3O7/c1-18-16-19(8-15-27(18)38)29-23-13-14-24-28(32(41)35(30(24)39)21-9-11-22(12-10-21)37(43)44)25(23)17-26-31(40)36(33(42)34(26,29)2)20-6-4-3-5-7-20/h3-13,15-16,24-26,28-29,38H,14,17H2,1-2H3. The maximum absolute atomic E-state index is 14.4. The Kier molecular flexibility index (Phi) is 6.11. The van der Waals surface area contributed by atoms with Gasteiger partial charge < -0.3 is 5.11 Å². The molecule has 1 saturated carbocycles. The highest BCUT2D eigenvalue weighted by molar-refractivity contribution is 6.25. The number of carbonyl (C=O) groups is 4. The second kappa shape index (κ2) is 9.70. The smallest absolute Gasteiger partial charge is 0.269 e. The van der Waals surface area contributed by atoms with Crippen LogP contribution in [0.5, 0.6) is 5.75 Å². The van der Waals surface area contributed by atoms with E-state index in [1.807, 2.05) is 25.1 Å². The summed E-state index contributed by atoms with van der Waals surface area (Å²) in [5.41, 5.74) is 1.63. The van der Waals surface area contributed by atoms with Crippen LogP contribution in [0.3, 0.4) is 0 Å². The van der Waals surface area contributed by atoms with Crippen LogP contribution in [0.15, 0.2) is 84.4 Å². The number of nitro groups is 1. The number of phenols is 1. The molecule has 10 heteroatoms. The van der Waals surface area contributed by atoms with E-state index in [-0.39, 0.29) is 47.7 Å². The summed E-state index contributed by atoms with van der Waals surface area (Å²) in [6.07, 6.45) is 2.47. The quantitative estimate of drug-likeness (QED) is 0.194. The van der Waals surface area contributed by atoms with E-state index >= 15 is 0 Å². The first-order chi connectivity index (χ1) is 21.0. The van der Waals surface area contributed by atoms with Crippen LogP contribution in [0.25, 0.3) is 0 Å². The van der Waals surface area contributed by atoms with Crippen molar-refractivity contribution in [3.63, 3.8) is 0 Å². The third-order valence-corrected chi connectivity index (χ3v) is 10.2. The lowest BCUT2D eigenvalue weighted by atomic mass is 9.51. The van der Waals surface area contributed by atoms with E-state index in [9.17, 15) is 34.4 Å². The molecule has 222 valence electrons. The molecule has 0 bridgehead atoms. The number of phenolic OH excluding ortho intramolecular Hbond substituents is 1. The lowest BCUT2D eigenvalue weighted by molar-refractivity contribution is -0.384. The predicted molar refractivity (Wildman–Crippen MR) is 159 cm³/mol. The van der Waals surface area contributed by atoms with Gasteiger partial charge in [0.25, 0.3) is 5.69 Å². The molecular formula is C34H29N3O7. The second-order valence-electron chi connectivity index (χ2n) is 12.3. The fraction of sp³-hybridized carbons (Fsp3) is 0.294. The number of aromatic hydroxyl groups is 1. The number of rotatable bonds is 4. The molecule has 3 aromatic rings. The average Bonchev–Trinajstić information content (AvgIpc) is 3.38. The zero-order chi connectivity index (χ0) is 31.1. The summed E-state index contributed by atoms with van der Waals surface area (Å²) in [5, 5.41) is 21.5. The molecule has 6 atom stereocenters. The Morgan fingerprint density at radius 3 is 2.20 bits per heavy atom. The zero-order valence-electron chi connectivity index (χ0n) is 24.0. The van der Waals surface area contributed by atoms with Gasteiger partial charge in [0.1, 0.15) is 5.75 Å². The molecule has 0 radical (unpaired) electrons. The Hall–Kier alpha value is -5.12. The molecule has 2 aliphatic heterocycles. The number of nitrogens with zero attached hydrogens (tertiary/aromatic N) is 3. The van der Waals surface area contributed by atoms with Gasteiger partial charge in [0.05, 0.1) is 39.5 Å². The molecule has 0 spiro atoms. The van der Waals surface area contributed by atoms with Crippen molar-refractivity contribution < 1.29 is 29.2 Å². The Bertz CT molecular complexity index is 1800. The Morgan fingerprint density at radius 1 is 0.864 bits per heavy atom. The molecular weight excluding hydrogens is 562 g/mol. The number of allylic oxidation sites excluding steroid dienone is 2. The van der Waals surface area contributed by atoms with Crippen LogP contribution >= 0.6 is 0 Å². The van der Waals surface area contributed by atoms with Crippen molar-refractivity contribution in [1.82, 2.24) is 0 Å². The van der Waals surface area contributed by atoms with Crippen LogP contribution in [0, 0.1) is 46.1 Å². The van der Waals surface area contributed by atoms with E-state index in [0.29, 0.717) is 11.3 Å². The topological polar surface area (TPSA) is 138 Å². The van der Waals surface area contributed by atoms with Gasteiger partial charge in [-0.15, -0.1) is 0 Å². The number of amides is 4. The molecule has 7 rings (SSSR count). The van der Waals surface area contributed by atoms with Crippen LogP contribution in [-0.2, 0) is 19.2 Å². The van der Waals surface area contributed by atoms with Crippen molar-refractivity contribution in [3.05, 3.63) is 106 Å². The van der Waals surface area contributed by atoms with Gasteiger partial charge in [0.2, 0.25) is 23.6 Å². The molecule has 0 aromatic heterocycles. The van der Waals surface area contributed by atoms with Crippen molar-refractivity contribution in [2.24, 2.45) is 29.1 Å². The maximum Gasteiger partial charge on any atom is 0.269 e. The summed E-state index contributed by atoms with van der Waals surface area (Å²) in [5.74, 6) is -4.58. The Labute approximate surface area is 252 Å². The first-order valence-corrected chi connectivity index (χ1v) is 14.6. The number of hydrogen-bond donors (Lipinski definition) is 1. The molecule has 44 heavy (non-hydrogen) atoms. The third-order valence-electron chi connectivity index (χ3n) is 10.2. The number of fused-ring (bicyclic) bond motifs is 4. The summed E-state index contributed by atoms with van der Waals surface area (Å²) in [6, 6.07) is 19.3. The molecule has 10 nitrogen and oxygen atoms in total. The largest absolute Gasteiger partial charge is 0.508 e. The SMILES string of the molecule is Cc1cc(C2C3=CCC4C(=O)N(c5ccc([N+](=O)[O-])cc5)C(=O)C4C3CC3C(=O)N(c4ccccc4)C(=O)C32C)ccc1O. The lowest BCUT2D eigenvalue weighted by Crippen LogP contribution is -2.48. The number of aryl methyl sites for hydroxylation is 1. The molecule has 6 unspecified atom stereocenters. The minimum atomic E-state index is -1.17. The van der Waals surface area contributed by atoms with Crippen LogP contribution in [0.1, 0.15) is 36.8 Å². The summed E-state index contributed by atoms with van der Waals surface area (Å²) in [6.45, 7) is 3.59. The van der Waals surface area contributed by atoms with Gasteiger partial charge in [-0.3, -0.25) is 34.2 Å². The Morgan fingerprint density at radius 2 is 1.55 bits per heavy atom. The van der Waals surface area contributed by atoms with Crippen LogP contribution in [-0.4, -0.2) is 33.7 Å². The van der Waals surface area contributed by atoms with Gasteiger partial charge in [0.15, 0.2) is 0 Å². The van der Waals surface area contributed by atoms with Crippen LogP contribution in [0.4, 0.5) is 17.1 Å². The summed E-state index contributed by atoms with van der Waals surface area (Å²) >= 11 is 0. The van der Waals surface area contributed by atoms with E-state index in [1.54, 1.807) is 43.3 Å². The van der Waals surface area contributed by atoms with Crippen molar-refractivity contribution in [2.75, 3.05) is 9.80 Å².